The minimum absolute atomic E-state index is 0.0668. The summed E-state index contributed by atoms with van der Waals surface area (Å²) in [6.45, 7) is 7.31. The lowest BCUT2D eigenvalue weighted by molar-refractivity contribution is 0.0636. The summed E-state index contributed by atoms with van der Waals surface area (Å²) in [6, 6.07) is 4.90. The SMILES string of the molecule is CC(CO)Cc1ccc(NC(=O)OC(C)(C)C)cc1O. The standard InChI is InChI=1S/C15H23NO4/c1-10(9-17)7-11-5-6-12(8-13(11)18)16-14(19)20-15(2,3)4/h5-6,8,10,17-18H,7,9H2,1-4H3,(H,16,19). The van der Waals surface area contributed by atoms with Gasteiger partial charge < -0.3 is 14.9 Å². The maximum atomic E-state index is 11.6. The number of amides is 1. The Hall–Kier alpha value is -1.75. The Balaban J connectivity index is 2.70. The molecule has 20 heavy (non-hydrogen) atoms. The van der Waals surface area contributed by atoms with Crippen LogP contribution in [-0.4, -0.2) is 28.5 Å². The van der Waals surface area contributed by atoms with Crippen LogP contribution in [0.1, 0.15) is 33.3 Å². The zero-order chi connectivity index (χ0) is 15.3. The monoisotopic (exact) mass is 281 g/mol. The van der Waals surface area contributed by atoms with Crippen molar-refractivity contribution in [2.24, 2.45) is 5.92 Å². The van der Waals surface area contributed by atoms with Crippen LogP contribution >= 0.6 is 0 Å². The van der Waals surface area contributed by atoms with Crippen LogP contribution in [0.4, 0.5) is 10.5 Å². The van der Waals surface area contributed by atoms with Gasteiger partial charge in [-0.1, -0.05) is 13.0 Å². The molecular weight excluding hydrogens is 258 g/mol. The number of carbonyl (C=O) groups excluding carboxylic acids is 1. The molecule has 0 aliphatic carbocycles. The molecule has 5 nitrogen and oxygen atoms in total. The highest BCUT2D eigenvalue weighted by Gasteiger charge is 2.16. The highest BCUT2D eigenvalue weighted by atomic mass is 16.6. The Morgan fingerprint density at radius 3 is 2.55 bits per heavy atom. The number of aliphatic hydroxyl groups excluding tert-OH is 1. The van der Waals surface area contributed by atoms with Gasteiger partial charge in [-0.25, -0.2) is 4.79 Å². The van der Waals surface area contributed by atoms with Crippen molar-refractivity contribution >= 4 is 11.8 Å². The first-order valence-electron chi connectivity index (χ1n) is 6.64. The van der Waals surface area contributed by atoms with Crippen LogP contribution in [-0.2, 0) is 11.2 Å². The minimum atomic E-state index is -0.567. The average molecular weight is 281 g/mol. The molecule has 1 amide bonds. The topological polar surface area (TPSA) is 78.8 Å². The molecule has 3 N–H and O–H groups in total. The van der Waals surface area contributed by atoms with Gasteiger partial charge in [0.15, 0.2) is 0 Å². The Kier molecular flexibility index (Phi) is 5.39. The van der Waals surface area contributed by atoms with Gasteiger partial charge in [-0.15, -0.1) is 0 Å². The van der Waals surface area contributed by atoms with Crippen LogP contribution in [0.3, 0.4) is 0 Å². The molecule has 0 aromatic heterocycles. The molecule has 1 rings (SSSR count). The molecular formula is C15H23NO4. The van der Waals surface area contributed by atoms with Crippen molar-refractivity contribution in [1.82, 2.24) is 0 Å². The maximum absolute atomic E-state index is 11.6. The zero-order valence-corrected chi connectivity index (χ0v) is 12.4. The van der Waals surface area contributed by atoms with Crippen LogP contribution in [0.2, 0.25) is 0 Å². The van der Waals surface area contributed by atoms with Crippen molar-refractivity contribution in [3.63, 3.8) is 0 Å². The van der Waals surface area contributed by atoms with E-state index in [1.807, 2.05) is 6.92 Å². The number of anilines is 1. The maximum Gasteiger partial charge on any atom is 0.412 e. The highest BCUT2D eigenvalue weighted by Crippen LogP contribution is 2.24. The lowest BCUT2D eigenvalue weighted by Gasteiger charge is -2.20. The van der Waals surface area contributed by atoms with Crippen molar-refractivity contribution in [3.05, 3.63) is 23.8 Å². The largest absolute Gasteiger partial charge is 0.508 e. The number of phenols is 1. The second-order valence-electron chi connectivity index (χ2n) is 5.96. The number of rotatable bonds is 4. The molecule has 0 saturated carbocycles. The summed E-state index contributed by atoms with van der Waals surface area (Å²) in [5.41, 5.74) is 0.640. The molecule has 0 fully saturated rings. The summed E-state index contributed by atoms with van der Waals surface area (Å²) in [7, 11) is 0. The average Bonchev–Trinajstić information content (AvgIpc) is 2.29. The molecule has 0 spiro atoms. The third kappa shape index (κ3) is 5.48. The summed E-state index contributed by atoms with van der Waals surface area (Å²) >= 11 is 0. The Morgan fingerprint density at radius 2 is 2.05 bits per heavy atom. The molecule has 0 aliphatic heterocycles. The number of aromatic hydroxyl groups is 1. The second kappa shape index (κ2) is 6.61. The first kappa shape index (κ1) is 16.3. The van der Waals surface area contributed by atoms with Gasteiger partial charge in [0.1, 0.15) is 11.4 Å². The molecule has 1 aromatic rings. The molecule has 0 saturated heterocycles. The molecule has 5 heteroatoms. The molecule has 1 atom stereocenters. The molecule has 0 bridgehead atoms. The summed E-state index contributed by atoms with van der Waals surface area (Å²) in [4.78, 5) is 11.6. The predicted octanol–water partition coefficient (Wildman–Crippen LogP) is 2.91. The Labute approximate surface area is 119 Å². The number of aliphatic hydroxyl groups is 1. The summed E-state index contributed by atoms with van der Waals surface area (Å²) in [5.74, 6) is 0.171. The molecule has 0 aliphatic rings. The number of benzene rings is 1. The van der Waals surface area contributed by atoms with Gasteiger partial charge >= 0.3 is 6.09 Å². The fourth-order valence-corrected chi connectivity index (χ4v) is 1.68. The van der Waals surface area contributed by atoms with Gasteiger partial charge in [0.2, 0.25) is 0 Å². The van der Waals surface area contributed by atoms with Gasteiger partial charge in [-0.05, 0) is 44.7 Å². The van der Waals surface area contributed by atoms with E-state index in [1.165, 1.54) is 6.07 Å². The Morgan fingerprint density at radius 1 is 1.40 bits per heavy atom. The summed E-state index contributed by atoms with van der Waals surface area (Å²) < 4.78 is 5.13. The number of ether oxygens (including phenoxy) is 1. The summed E-state index contributed by atoms with van der Waals surface area (Å²) in [5, 5.41) is 21.5. The lowest BCUT2D eigenvalue weighted by Crippen LogP contribution is -2.27. The quantitative estimate of drug-likeness (QED) is 0.793. The number of carbonyl (C=O) groups is 1. The van der Waals surface area contributed by atoms with E-state index in [1.54, 1.807) is 32.9 Å². The van der Waals surface area contributed by atoms with Crippen molar-refractivity contribution < 1.29 is 19.7 Å². The van der Waals surface area contributed by atoms with Crippen molar-refractivity contribution in [3.8, 4) is 5.75 Å². The van der Waals surface area contributed by atoms with Gasteiger partial charge in [0.25, 0.3) is 0 Å². The van der Waals surface area contributed by atoms with Crippen LogP contribution < -0.4 is 5.32 Å². The smallest absolute Gasteiger partial charge is 0.412 e. The first-order valence-corrected chi connectivity index (χ1v) is 6.64. The Bertz CT molecular complexity index is 465. The van der Waals surface area contributed by atoms with Crippen LogP contribution in [0.5, 0.6) is 5.75 Å². The zero-order valence-electron chi connectivity index (χ0n) is 12.4. The highest BCUT2D eigenvalue weighted by molar-refractivity contribution is 5.85. The lowest BCUT2D eigenvalue weighted by atomic mass is 10.0. The van der Waals surface area contributed by atoms with Gasteiger partial charge in [-0.3, -0.25) is 5.32 Å². The fraction of sp³-hybridized carbons (Fsp3) is 0.533. The van der Waals surface area contributed by atoms with Crippen molar-refractivity contribution in [2.75, 3.05) is 11.9 Å². The molecule has 0 heterocycles. The van der Waals surface area contributed by atoms with E-state index in [2.05, 4.69) is 5.32 Å². The van der Waals surface area contributed by atoms with Crippen molar-refractivity contribution in [2.45, 2.75) is 39.7 Å². The predicted molar refractivity (Wildman–Crippen MR) is 77.9 cm³/mol. The van der Waals surface area contributed by atoms with Crippen LogP contribution in [0.15, 0.2) is 18.2 Å². The number of nitrogens with one attached hydrogen (secondary N) is 1. The van der Waals surface area contributed by atoms with Crippen molar-refractivity contribution in [1.29, 1.82) is 0 Å². The molecule has 1 aromatic carbocycles. The van der Waals surface area contributed by atoms with Gasteiger partial charge in [0.05, 0.1) is 0 Å². The minimum Gasteiger partial charge on any atom is -0.508 e. The number of phenolic OH excluding ortho intramolecular Hbond substituents is 1. The van der Waals surface area contributed by atoms with Gasteiger partial charge in [0, 0.05) is 18.4 Å². The van der Waals surface area contributed by atoms with Crippen LogP contribution in [0, 0.1) is 5.92 Å². The molecule has 1 unspecified atom stereocenters. The first-order chi connectivity index (χ1) is 9.21. The molecule has 0 radical (unpaired) electrons. The van der Waals surface area contributed by atoms with E-state index in [9.17, 15) is 9.90 Å². The van der Waals surface area contributed by atoms with E-state index < -0.39 is 11.7 Å². The number of hydrogen-bond donors (Lipinski definition) is 3. The van der Waals surface area contributed by atoms with E-state index >= 15 is 0 Å². The van der Waals surface area contributed by atoms with E-state index in [4.69, 9.17) is 9.84 Å². The third-order valence-electron chi connectivity index (χ3n) is 2.61. The van der Waals surface area contributed by atoms with E-state index in [0.717, 1.165) is 5.56 Å². The normalized spacial score (nSPS) is 12.8. The van der Waals surface area contributed by atoms with E-state index in [-0.39, 0.29) is 18.3 Å². The third-order valence-corrected chi connectivity index (χ3v) is 2.61. The number of hydrogen-bond acceptors (Lipinski definition) is 4. The van der Waals surface area contributed by atoms with Gasteiger partial charge in [-0.2, -0.15) is 0 Å². The molecule has 112 valence electrons. The van der Waals surface area contributed by atoms with Crippen LogP contribution in [0.25, 0.3) is 0 Å². The summed E-state index contributed by atoms with van der Waals surface area (Å²) in [6.07, 6.45) is 0.0167. The fourth-order valence-electron chi connectivity index (χ4n) is 1.68. The second-order valence-corrected chi connectivity index (χ2v) is 5.96. The van der Waals surface area contributed by atoms with E-state index in [0.29, 0.717) is 12.1 Å².